The minimum absolute atomic E-state index is 0.0280. The average Bonchev–Trinajstić information content (AvgIpc) is 2.91. The van der Waals surface area contributed by atoms with Crippen molar-refractivity contribution < 1.29 is 4.79 Å². The van der Waals surface area contributed by atoms with Crippen molar-refractivity contribution >= 4 is 23.2 Å². The SMILES string of the molecule is Cc1cc(Nc2ncnc(N)c2C#N)c(=O)n2c1C(=O)N[C@]21CCCN(C)C1. The summed E-state index contributed by atoms with van der Waals surface area (Å²) in [6.07, 6.45) is 2.75. The number of likely N-dealkylation sites (tertiary alicyclic amines) is 1. The van der Waals surface area contributed by atoms with Crippen LogP contribution in [0.3, 0.4) is 0 Å². The first-order chi connectivity index (χ1) is 13.4. The minimum atomic E-state index is -0.776. The highest BCUT2D eigenvalue weighted by Gasteiger charge is 2.46. The molecule has 2 aliphatic heterocycles. The van der Waals surface area contributed by atoms with Crippen molar-refractivity contribution in [2.24, 2.45) is 0 Å². The summed E-state index contributed by atoms with van der Waals surface area (Å²) in [6, 6.07) is 3.54. The molecule has 4 rings (SSSR count). The van der Waals surface area contributed by atoms with Gasteiger partial charge in [0, 0.05) is 6.54 Å². The van der Waals surface area contributed by atoms with E-state index in [1.807, 2.05) is 13.1 Å². The van der Waals surface area contributed by atoms with Crippen LogP contribution in [0.25, 0.3) is 0 Å². The Bertz CT molecular complexity index is 1090. The number of carbonyl (C=O) groups is 1. The van der Waals surface area contributed by atoms with Gasteiger partial charge in [0.25, 0.3) is 11.5 Å². The predicted molar refractivity (Wildman–Crippen MR) is 102 cm³/mol. The molecule has 1 spiro atoms. The van der Waals surface area contributed by atoms with E-state index in [2.05, 4.69) is 25.5 Å². The van der Waals surface area contributed by atoms with E-state index >= 15 is 0 Å². The average molecular weight is 380 g/mol. The fraction of sp³-hybridized carbons (Fsp3) is 0.389. The molecule has 4 N–H and O–H groups in total. The highest BCUT2D eigenvalue weighted by atomic mass is 16.2. The number of likely N-dealkylation sites (N-methyl/N-ethyl adjacent to an activating group) is 1. The smallest absolute Gasteiger partial charge is 0.276 e. The van der Waals surface area contributed by atoms with Gasteiger partial charge in [-0.1, -0.05) is 0 Å². The van der Waals surface area contributed by atoms with E-state index in [1.165, 1.54) is 6.33 Å². The Balaban J connectivity index is 1.87. The second kappa shape index (κ2) is 6.31. The Morgan fingerprint density at radius 2 is 2.18 bits per heavy atom. The van der Waals surface area contributed by atoms with Crippen molar-refractivity contribution in [3.63, 3.8) is 0 Å². The van der Waals surface area contributed by atoms with Crippen molar-refractivity contribution in [3.8, 4) is 6.07 Å². The maximum absolute atomic E-state index is 13.4. The van der Waals surface area contributed by atoms with Crippen LogP contribution in [-0.2, 0) is 5.66 Å². The van der Waals surface area contributed by atoms with Gasteiger partial charge in [-0.3, -0.25) is 14.2 Å². The number of rotatable bonds is 2. The van der Waals surface area contributed by atoms with E-state index in [0.29, 0.717) is 24.2 Å². The van der Waals surface area contributed by atoms with Gasteiger partial charge in [-0.15, -0.1) is 0 Å². The van der Waals surface area contributed by atoms with Gasteiger partial charge in [0.2, 0.25) is 0 Å². The summed E-state index contributed by atoms with van der Waals surface area (Å²) >= 11 is 0. The molecule has 4 heterocycles. The number of amides is 1. The standard InChI is InChI=1S/C18H20N8O2/c1-10-6-12(23-15-11(7-19)14(20)21-9-22-15)17(28)26-13(10)16(27)24-18(26)4-3-5-25(2)8-18/h6,9H,3-5,8H2,1-2H3,(H,24,27)(H3,20,21,22,23)/t18-/m1/s1. The zero-order chi connectivity index (χ0) is 20.1. The number of hydrogen-bond acceptors (Lipinski definition) is 8. The maximum atomic E-state index is 13.4. The van der Waals surface area contributed by atoms with E-state index in [1.54, 1.807) is 17.6 Å². The molecule has 0 bridgehead atoms. The molecule has 2 aromatic heterocycles. The molecule has 0 saturated carbocycles. The number of nitriles is 1. The van der Waals surface area contributed by atoms with Crippen molar-refractivity contribution in [2.75, 3.05) is 31.2 Å². The Morgan fingerprint density at radius 3 is 2.89 bits per heavy atom. The monoisotopic (exact) mass is 380 g/mol. The van der Waals surface area contributed by atoms with Crippen LogP contribution in [0, 0.1) is 18.3 Å². The summed E-state index contributed by atoms with van der Waals surface area (Å²) in [6.45, 7) is 3.23. The normalized spacial score (nSPS) is 21.2. The van der Waals surface area contributed by atoms with Gasteiger partial charge in [0.05, 0.1) is 0 Å². The van der Waals surface area contributed by atoms with Gasteiger partial charge >= 0.3 is 0 Å². The molecule has 0 aliphatic carbocycles. The number of nitrogens with one attached hydrogen (secondary N) is 2. The highest BCUT2D eigenvalue weighted by Crippen LogP contribution is 2.33. The summed E-state index contributed by atoms with van der Waals surface area (Å²) in [5.41, 5.74) is 5.91. The summed E-state index contributed by atoms with van der Waals surface area (Å²) in [4.78, 5) is 35.9. The molecule has 0 unspecified atom stereocenters. The highest BCUT2D eigenvalue weighted by molar-refractivity contribution is 5.97. The van der Waals surface area contributed by atoms with E-state index < -0.39 is 5.66 Å². The van der Waals surface area contributed by atoms with Crippen molar-refractivity contribution in [3.05, 3.63) is 39.6 Å². The van der Waals surface area contributed by atoms with Crippen LogP contribution in [0.2, 0.25) is 0 Å². The van der Waals surface area contributed by atoms with Crippen molar-refractivity contribution in [1.82, 2.24) is 24.8 Å². The maximum Gasteiger partial charge on any atom is 0.276 e. The second-order valence-corrected chi connectivity index (χ2v) is 7.28. The number of nitrogen functional groups attached to an aromatic ring is 1. The lowest BCUT2D eigenvalue weighted by molar-refractivity contribution is 0.0755. The summed E-state index contributed by atoms with van der Waals surface area (Å²) in [7, 11) is 1.97. The number of nitrogens with two attached hydrogens (primary N) is 1. The van der Waals surface area contributed by atoms with Crippen LogP contribution in [0.15, 0.2) is 17.2 Å². The molecule has 1 fully saturated rings. The Kier molecular flexibility index (Phi) is 4.05. The number of aryl methyl sites for hydroxylation is 1. The molecular formula is C18H20N8O2. The Labute approximate surface area is 161 Å². The fourth-order valence-corrected chi connectivity index (χ4v) is 4.11. The second-order valence-electron chi connectivity index (χ2n) is 7.28. The third-order valence-corrected chi connectivity index (χ3v) is 5.28. The first kappa shape index (κ1) is 17.9. The number of pyridine rings is 1. The van der Waals surface area contributed by atoms with Gasteiger partial charge in [-0.05, 0) is 45.0 Å². The van der Waals surface area contributed by atoms with Gasteiger partial charge in [-0.25, -0.2) is 9.97 Å². The van der Waals surface area contributed by atoms with Gasteiger partial charge in [0.15, 0.2) is 5.82 Å². The molecule has 28 heavy (non-hydrogen) atoms. The Hall–Kier alpha value is -3.45. The first-order valence-electron chi connectivity index (χ1n) is 8.92. The molecule has 1 saturated heterocycles. The number of anilines is 3. The van der Waals surface area contributed by atoms with Crippen LogP contribution in [0.1, 0.15) is 34.5 Å². The number of fused-ring (bicyclic) bond motifs is 2. The third-order valence-electron chi connectivity index (χ3n) is 5.28. The molecule has 144 valence electrons. The van der Waals surface area contributed by atoms with E-state index in [9.17, 15) is 14.9 Å². The van der Waals surface area contributed by atoms with Gasteiger partial charge in [0.1, 0.15) is 40.8 Å². The van der Waals surface area contributed by atoms with Gasteiger partial charge < -0.3 is 21.3 Å². The molecule has 0 radical (unpaired) electrons. The lowest BCUT2D eigenvalue weighted by Gasteiger charge is -2.39. The van der Waals surface area contributed by atoms with E-state index in [-0.39, 0.29) is 34.4 Å². The third kappa shape index (κ3) is 2.59. The molecule has 2 aliphatic rings. The molecule has 10 heteroatoms. The number of hydrogen-bond donors (Lipinski definition) is 3. The predicted octanol–water partition coefficient (Wildman–Crippen LogP) is 0.266. The lowest BCUT2D eigenvalue weighted by Crippen LogP contribution is -2.57. The summed E-state index contributed by atoms with van der Waals surface area (Å²) < 4.78 is 1.55. The van der Waals surface area contributed by atoms with Crippen LogP contribution in [-0.4, -0.2) is 45.5 Å². The number of nitrogens with zero attached hydrogens (tertiary/aromatic N) is 5. The quantitative estimate of drug-likeness (QED) is 0.674. The van der Waals surface area contributed by atoms with Crippen molar-refractivity contribution in [2.45, 2.75) is 25.4 Å². The topological polar surface area (TPSA) is 142 Å². The molecule has 1 amide bonds. The number of carbonyl (C=O) groups excluding carboxylic acids is 1. The zero-order valence-corrected chi connectivity index (χ0v) is 15.6. The van der Waals surface area contributed by atoms with Crippen molar-refractivity contribution in [1.29, 1.82) is 5.26 Å². The number of aromatic nitrogens is 3. The van der Waals surface area contributed by atoms with Crippen LogP contribution in [0.5, 0.6) is 0 Å². The van der Waals surface area contributed by atoms with Crippen LogP contribution in [0.4, 0.5) is 17.3 Å². The fourth-order valence-electron chi connectivity index (χ4n) is 4.11. The zero-order valence-electron chi connectivity index (χ0n) is 15.6. The van der Waals surface area contributed by atoms with Crippen LogP contribution >= 0.6 is 0 Å². The van der Waals surface area contributed by atoms with E-state index in [4.69, 9.17) is 5.73 Å². The van der Waals surface area contributed by atoms with Crippen LogP contribution < -0.4 is 21.9 Å². The molecular weight excluding hydrogens is 360 g/mol. The molecule has 1 atom stereocenters. The molecule has 2 aromatic rings. The number of piperidine rings is 1. The van der Waals surface area contributed by atoms with Gasteiger partial charge in [-0.2, -0.15) is 5.26 Å². The largest absolute Gasteiger partial charge is 0.382 e. The molecule has 0 aromatic carbocycles. The first-order valence-corrected chi connectivity index (χ1v) is 8.92. The summed E-state index contributed by atoms with van der Waals surface area (Å²) in [5, 5.41) is 15.3. The minimum Gasteiger partial charge on any atom is -0.382 e. The lowest BCUT2D eigenvalue weighted by atomic mass is 9.98. The Morgan fingerprint density at radius 1 is 1.39 bits per heavy atom. The van der Waals surface area contributed by atoms with E-state index in [0.717, 1.165) is 13.0 Å². The molecule has 10 nitrogen and oxygen atoms in total. The summed E-state index contributed by atoms with van der Waals surface area (Å²) in [5.74, 6) is -0.0696.